The summed E-state index contributed by atoms with van der Waals surface area (Å²) in [7, 11) is 0. The van der Waals surface area contributed by atoms with Crippen LogP contribution in [-0.2, 0) is 15.3 Å². The Balaban J connectivity index is 2.49. The monoisotopic (exact) mass is 328 g/mol. The smallest absolute Gasteiger partial charge is 0.323 e. The van der Waals surface area contributed by atoms with Crippen LogP contribution >= 0.6 is 11.8 Å². The van der Waals surface area contributed by atoms with Crippen molar-refractivity contribution in [3.8, 4) is 0 Å². The number of esters is 1. The van der Waals surface area contributed by atoms with Gasteiger partial charge in [-0.25, -0.2) is 4.79 Å². The van der Waals surface area contributed by atoms with Crippen LogP contribution in [-0.4, -0.2) is 33.5 Å². The summed E-state index contributed by atoms with van der Waals surface area (Å²) in [6.45, 7) is 2.09. The lowest BCUT2D eigenvalue weighted by Crippen LogP contribution is -2.08. The highest BCUT2D eigenvalue weighted by Crippen LogP contribution is 2.14. The molecule has 8 nitrogen and oxygen atoms in total. The van der Waals surface area contributed by atoms with Gasteiger partial charge in [-0.05, 0) is 19.8 Å². The fourth-order valence-corrected chi connectivity index (χ4v) is 2.35. The van der Waals surface area contributed by atoms with Gasteiger partial charge < -0.3 is 20.4 Å². The molecule has 0 unspecified atom stereocenters. The van der Waals surface area contributed by atoms with Crippen molar-refractivity contribution in [1.29, 1.82) is 5.41 Å². The van der Waals surface area contributed by atoms with E-state index in [0.29, 0.717) is 25.1 Å². The first kappa shape index (κ1) is 18.0. The number of amidine groups is 1. The maximum Gasteiger partial charge on any atom is 0.323 e. The first-order valence-corrected chi connectivity index (χ1v) is 7.89. The van der Waals surface area contributed by atoms with Crippen LogP contribution in [0.5, 0.6) is 0 Å². The molecule has 0 aliphatic carbocycles. The molecule has 0 spiro atoms. The SMILES string of the molecule is CCOC(=O)CCCCC(=O)c1[nH]c(=O)[nH]c1CSC(=N)N. The first-order chi connectivity index (χ1) is 10.4. The number of carbonyl (C=O) groups excluding carboxylic acids is 2. The standard InChI is InChI=1S/C13H20N4O4S/c1-2-21-10(19)6-4-3-5-9(18)11-8(7-22-12(14)15)16-13(20)17-11/h2-7H2,1H3,(H3,14,15)(H2,16,17,20). The maximum atomic E-state index is 12.1. The molecule has 0 aromatic carbocycles. The Labute approximate surface area is 131 Å². The maximum absolute atomic E-state index is 12.1. The Morgan fingerprint density at radius 2 is 1.95 bits per heavy atom. The molecular weight excluding hydrogens is 308 g/mol. The quantitative estimate of drug-likeness (QED) is 0.176. The van der Waals surface area contributed by atoms with Gasteiger partial charge in [0.15, 0.2) is 11.0 Å². The molecule has 0 atom stereocenters. The van der Waals surface area contributed by atoms with E-state index in [1.165, 1.54) is 0 Å². The van der Waals surface area contributed by atoms with E-state index in [0.717, 1.165) is 11.8 Å². The van der Waals surface area contributed by atoms with Crippen LogP contribution in [0.15, 0.2) is 4.79 Å². The highest BCUT2D eigenvalue weighted by molar-refractivity contribution is 8.13. The number of carbonyl (C=O) groups is 2. The summed E-state index contributed by atoms with van der Waals surface area (Å²) < 4.78 is 4.80. The summed E-state index contributed by atoms with van der Waals surface area (Å²) in [4.78, 5) is 39.6. The van der Waals surface area contributed by atoms with E-state index in [1.54, 1.807) is 6.92 Å². The molecule has 1 heterocycles. The first-order valence-electron chi connectivity index (χ1n) is 6.90. The van der Waals surface area contributed by atoms with E-state index in [4.69, 9.17) is 15.9 Å². The lowest BCUT2D eigenvalue weighted by molar-refractivity contribution is -0.143. The second-order valence-corrected chi connectivity index (χ2v) is 5.54. The number of rotatable bonds is 9. The Bertz CT molecular complexity index is 593. The van der Waals surface area contributed by atoms with Crippen molar-refractivity contribution in [2.75, 3.05) is 6.61 Å². The predicted molar refractivity (Wildman–Crippen MR) is 84.1 cm³/mol. The fourth-order valence-electron chi connectivity index (χ4n) is 1.83. The number of ether oxygens (including phenoxy) is 1. The van der Waals surface area contributed by atoms with Crippen LogP contribution in [0.1, 0.15) is 48.8 Å². The summed E-state index contributed by atoms with van der Waals surface area (Å²) in [6.07, 6.45) is 1.59. The largest absolute Gasteiger partial charge is 0.466 e. The van der Waals surface area contributed by atoms with Gasteiger partial charge in [-0.2, -0.15) is 0 Å². The van der Waals surface area contributed by atoms with E-state index in [9.17, 15) is 14.4 Å². The molecular formula is C13H20N4O4S. The highest BCUT2D eigenvalue weighted by Gasteiger charge is 2.15. The van der Waals surface area contributed by atoms with E-state index in [1.807, 2.05) is 0 Å². The van der Waals surface area contributed by atoms with Crippen molar-refractivity contribution in [2.45, 2.75) is 38.4 Å². The van der Waals surface area contributed by atoms with Gasteiger partial charge in [0.1, 0.15) is 5.69 Å². The third-order valence-electron chi connectivity index (χ3n) is 2.80. The molecule has 22 heavy (non-hydrogen) atoms. The zero-order valence-corrected chi connectivity index (χ0v) is 13.2. The molecule has 0 aliphatic heterocycles. The molecule has 0 radical (unpaired) electrons. The third kappa shape index (κ3) is 6.17. The number of ketones is 1. The number of aromatic nitrogens is 2. The lowest BCUT2D eigenvalue weighted by atomic mass is 10.1. The molecule has 0 amide bonds. The number of hydrogen-bond donors (Lipinski definition) is 4. The second-order valence-electron chi connectivity index (χ2n) is 4.52. The second kappa shape index (κ2) is 9.08. The normalized spacial score (nSPS) is 10.4. The Kier molecular flexibility index (Phi) is 7.44. The number of aromatic amines is 2. The molecule has 1 aromatic heterocycles. The summed E-state index contributed by atoms with van der Waals surface area (Å²) in [6, 6.07) is 0. The number of thioether (sulfide) groups is 1. The average Bonchev–Trinajstić information content (AvgIpc) is 2.82. The summed E-state index contributed by atoms with van der Waals surface area (Å²) in [5, 5.41) is 7.06. The van der Waals surface area contributed by atoms with Gasteiger partial charge in [0.05, 0.1) is 12.3 Å². The summed E-state index contributed by atoms with van der Waals surface area (Å²) in [5.74, 6) is -0.234. The zero-order valence-electron chi connectivity index (χ0n) is 12.4. The molecule has 1 rings (SSSR count). The van der Waals surface area contributed by atoms with E-state index >= 15 is 0 Å². The summed E-state index contributed by atoms with van der Waals surface area (Å²) >= 11 is 1.02. The van der Waals surface area contributed by atoms with Crippen molar-refractivity contribution in [2.24, 2.45) is 5.73 Å². The molecule has 0 bridgehead atoms. The number of unbranched alkanes of at least 4 members (excludes halogenated alkanes) is 1. The molecule has 0 fully saturated rings. The van der Waals surface area contributed by atoms with Gasteiger partial charge in [-0.3, -0.25) is 15.0 Å². The summed E-state index contributed by atoms with van der Waals surface area (Å²) in [5.41, 5.74) is 5.42. The molecule has 0 saturated carbocycles. The van der Waals surface area contributed by atoms with Crippen LogP contribution in [0.4, 0.5) is 0 Å². The van der Waals surface area contributed by atoms with Crippen molar-refractivity contribution < 1.29 is 14.3 Å². The molecule has 0 saturated heterocycles. The van der Waals surface area contributed by atoms with Crippen LogP contribution in [0, 0.1) is 5.41 Å². The number of H-pyrrole nitrogens is 2. The van der Waals surface area contributed by atoms with Gasteiger partial charge in [-0.1, -0.05) is 11.8 Å². The average molecular weight is 328 g/mol. The van der Waals surface area contributed by atoms with Gasteiger partial charge in [0.25, 0.3) is 0 Å². The minimum Gasteiger partial charge on any atom is -0.466 e. The van der Waals surface area contributed by atoms with Crippen molar-refractivity contribution in [3.05, 3.63) is 21.9 Å². The van der Waals surface area contributed by atoms with Gasteiger partial charge in [0, 0.05) is 18.6 Å². The molecule has 122 valence electrons. The molecule has 0 aliphatic rings. The minimum atomic E-state index is -0.464. The molecule has 9 heteroatoms. The van der Waals surface area contributed by atoms with Crippen molar-refractivity contribution in [1.82, 2.24) is 9.97 Å². The highest BCUT2D eigenvalue weighted by atomic mass is 32.2. The minimum absolute atomic E-state index is 0.0881. The van der Waals surface area contributed by atoms with Gasteiger partial charge in [-0.15, -0.1) is 0 Å². The van der Waals surface area contributed by atoms with Crippen molar-refractivity contribution in [3.63, 3.8) is 0 Å². The van der Waals surface area contributed by atoms with E-state index in [2.05, 4.69) is 9.97 Å². The Hall–Kier alpha value is -2.03. The van der Waals surface area contributed by atoms with Crippen LogP contribution < -0.4 is 11.4 Å². The Morgan fingerprint density at radius 1 is 1.27 bits per heavy atom. The predicted octanol–water partition coefficient (Wildman–Crippen LogP) is 1.14. The number of Topliss-reactive ketones (excluding diaryl/α,β-unsaturated/α-hetero) is 1. The Morgan fingerprint density at radius 3 is 2.59 bits per heavy atom. The third-order valence-corrected chi connectivity index (χ3v) is 3.54. The fraction of sp³-hybridized carbons (Fsp3) is 0.538. The topological polar surface area (TPSA) is 142 Å². The molecule has 1 aromatic rings. The van der Waals surface area contributed by atoms with Crippen LogP contribution in [0.25, 0.3) is 0 Å². The number of imidazole rings is 1. The zero-order chi connectivity index (χ0) is 16.5. The molecule has 5 N–H and O–H groups in total. The van der Waals surface area contributed by atoms with E-state index in [-0.39, 0.29) is 41.2 Å². The number of nitrogens with two attached hydrogens (primary N) is 1. The van der Waals surface area contributed by atoms with Crippen LogP contribution in [0.2, 0.25) is 0 Å². The van der Waals surface area contributed by atoms with Crippen LogP contribution in [0.3, 0.4) is 0 Å². The number of nitrogens with one attached hydrogen (secondary N) is 3. The number of hydrogen-bond acceptors (Lipinski definition) is 6. The van der Waals surface area contributed by atoms with Gasteiger partial charge in [0.2, 0.25) is 0 Å². The lowest BCUT2D eigenvalue weighted by Gasteiger charge is -2.03. The van der Waals surface area contributed by atoms with E-state index < -0.39 is 5.69 Å². The van der Waals surface area contributed by atoms with Crippen molar-refractivity contribution >= 4 is 28.7 Å². The van der Waals surface area contributed by atoms with Gasteiger partial charge >= 0.3 is 11.7 Å².